The molecular formula is C60H49BN2. The lowest BCUT2D eigenvalue weighted by Gasteiger charge is -2.33. The van der Waals surface area contributed by atoms with Crippen molar-refractivity contribution in [3.05, 3.63) is 247 Å². The van der Waals surface area contributed by atoms with E-state index in [-0.39, 0.29) is 5.41 Å². The highest BCUT2D eigenvalue weighted by atomic mass is 15.2. The highest BCUT2D eigenvalue weighted by Crippen LogP contribution is 2.57. The molecule has 0 bridgehead atoms. The molecule has 0 aromatic heterocycles. The second-order valence-electron chi connectivity index (χ2n) is 17.6. The Hall–Kier alpha value is -7.36. The fourth-order valence-corrected chi connectivity index (χ4v) is 10.5. The zero-order valence-electron chi connectivity index (χ0n) is 36.0. The van der Waals surface area contributed by atoms with Gasteiger partial charge in [0, 0.05) is 39.4 Å². The van der Waals surface area contributed by atoms with Gasteiger partial charge in [0.15, 0.2) is 6.71 Å². The Morgan fingerprint density at radius 3 is 1.65 bits per heavy atom. The molecule has 0 amide bonds. The number of anilines is 6. The Kier molecular flexibility index (Phi) is 9.89. The van der Waals surface area contributed by atoms with Crippen molar-refractivity contribution in [3.63, 3.8) is 0 Å². The van der Waals surface area contributed by atoms with Gasteiger partial charge < -0.3 is 9.80 Å². The molecule has 0 saturated heterocycles. The smallest absolute Gasteiger partial charge is 0.180 e. The van der Waals surface area contributed by atoms with E-state index in [9.17, 15) is 0 Å². The van der Waals surface area contributed by atoms with Crippen LogP contribution in [0.3, 0.4) is 0 Å². The average Bonchev–Trinajstić information content (AvgIpc) is 3.58. The van der Waals surface area contributed by atoms with Crippen molar-refractivity contribution < 1.29 is 0 Å². The maximum Gasteiger partial charge on any atom is 0.180 e. The summed E-state index contributed by atoms with van der Waals surface area (Å²) in [4.78, 5) is 4.85. The van der Waals surface area contributed by atoms with E-state index in [1.807, 2.05) is 0 Å². The average molecular weight is 809 g/mol. The van der Waals surface area contributed by atoms with Gasteiger partial charge in [-0.15, -0.1) is 0 Å². The van der Waals surface area contributed by atoms with Gasteiger partial charge in [-0.05, 0) is 124 Å². The van der Waals surface area contributed by atoms with Crippen molar-refractivity contribution in [2.45, 2.75) is 38.3 Å². The summed E-state index contributed by atoms with van der Waals surface area (Å²) in [5.41, 5.74) is 21.5. The van der Waals surface area contributed by atoms with Crippen molar-refractivity contribution in [2.24, 2.45) is 0 Å². The first kappa shape index (κ1) is 38.6. The Labute approximate surface area is 372 Å². The minimum absolute atomic E-state index is 0.148. The number of hydrogen-bond donors (Lipinski definition) is 0. The minimum atomic E-state index is -0.148. The fourth-order valence-electron chi connectivity index (χ4n) is 10.5. The molecule has 1 aliphatic carbocycles. The van der Waals surface area contributed by atoms with Gasteiger partial charge in [0.05, 0.1) is 5.69 Å². The van der Waals surface area contributed by atoms with Crippen LogP contribution in [0.15, 0.2) is 224 Å². The molecule has 63 heavy (non-hydrogen) atoms. The second-order valence-corrected chi connectivity index (χ2v) is 17.6. The number of benzene rings is 9. The van der Waals surface area contributed by atoms with Crippen LogP contribution in [0, 0.1) is 0 Å². The maximum absolute atomic E-state index is 2.52. The van der Waals surface area contributed by atoms with Crippen molar-refractivity contribution in [3.8, 4) is 33.4 Å². The van der Waals surface area contributed by atoms with E-state index >= 15 is 0 Å². The second kappa shape index (κ2) is 16.2. The summed E-state index contributed by atoms with van der Waals surface area (Å²) in [6.07, 6.45) is 3.21. The van der Waals surface area contributed by atoms with Crippen LogP contribution in [0.2, 0.25) is 6.32 Å². The van der Waals surface area contributed by atoms with E-state index < -0.39 is 0 Å². The minimum Gasteiger partial charge on any atom is -0.311 e. The van der Waals surface area contributed by atoms with Crippen molar-refractivity contribution >= 4 is 46.3 Å². The molecule has 2 aliphatic rings. The summed E-state index contributed by atoms with van der Waals surface area (Å²) >= 11 is 0. The Balaban J connectivity index is 1.14. The van der Waals surface area contributed by atoms with Gasteiger partial charge in [-0.1, -0.05) is 189 Å². The Morgan fingerprint density at radius 1 is 0.413 bits per heavy atom. The van der Waals surface area contributed by atoms with Gasteiger partial charge in [-0.3, -0.25) is 0 Å². The number of para-hydroxylation sites is 2. The topological polar surface area (TPSA) is 6.48 Å². The molecule has 0 radical (unpaired) electrons. The molecule has 9 aromatic rings. The van der Waals surface area contributed by atoms with E-state index in [0.717, 1.165) is 47.5 Å². The zero-order chi connectivity index (χ0) is 42.3. The van der Waals surface area contributed by atoms with Crippen molar-refractivity contribution in [1.29, 1.82) is 0 Å². The highest BCUT2D eigenvalue weighted by Gasteiger charge is 2.39. The zero-order valence-corrected chi connectivity index (χ0v) is 36.0. The van der Waals surface area contributed by atoms with Crippen molar-refractivity contribution in [2.75, 3.05) is 9.80 Å². The normalized spacial score (nSPS) is 13.5. The first-order valence-electron chi connectivity index (χ1n) is 22.4. The molecule has 1 heterocycles. The first-order chi connectivity index (χ1) is 31.0. The van der Waals surface area contributed by atoms with E-state index in [2.05, 4.69) is 248 Å². The van der Waals surface area contributed by atoms with Crippen LogP contribution in [-0.4, -0.2) is 6.71 Å². The molecular weight excluding hydrogens is 759 g/mol. The summed E-state index contributed by atoms with van der Waals surface area (Å²) in [6, 6.07) is 82.6. The van der Waals surface area contributed by atoms with Crippen LogP contribution in [-0.2, 0) is 18.2 Å². The summed E-state index contributed by atoms with van der Waals surface area (Å²) in [6.45, 7) is 5.31. The molecule has 11 rings (SSSR count). The lowest BCUT2D eigenvalue weighted by molar-refractivity contribution is 0.660. The van der Waals surface area contributed by atoms with Gasteiger partial charge in [0.25, 0.3) is 0 Å². The predicted molar refractivity (Wildman–Crippen MR) is 268 cm³/mol. The third kappa shape index (κ3) is 6.95. The van der Waals surface area contributed by atoms with Crippen LogP contribution < -0.4 is 15.3 Å². The SMILES string of the molecule is CC1(C)c2ccccc2-c2c1ccc(N(c1ccc(N(c3ccccc3)c3ccccc3)cc1)c1cccc(-c3ccccc3)c1)c2-c1cccc2c1CCB(c1ccccc1)C2. The maximum atomic E-state index is 2.52. The van der Waals surface area contributed by atoms with Crippen LogP contribution in [0.1, 0.15) is 36.1 Å². The number of fused-ring (bicyclic) bond motifs is 4. The van der Waals surface area contributed by atoms with Gasteiger partial charge in [-0.25, -0.2) is 0 Å². The van der Waals surface area contributed by atoms with Crippen LogP contribution in [0.5, 0.6) is 0 Å². The summed E-state index contributed by atoms with van der Waals surface area (Å²) in [5, 5.41) is 0. The molecule has 302 valence electrons. The van der Waals surface area contributed by atoms with E-state index in [1.165, 1.54) is 66.8 Å². The molecule has 0 N–H and O–H groups in total. The largest absolute Gasteiger partial charge is 0.311 e. The third-order valence-corrected chi connectivity index (χ3v) is 13.6. The number of hydrogen-bond acceptors (Lipinski definition) is 2. The van der Waals surface area contributed by atoms with E-state index in [0.29, 0.717) is 6.71 Å². The molecule has 2 nitrogen and oxygen atoms in total. The predicted octanol–water partition coefficient (Wildman–Crippen LogP) is 15.3. The third-order valence-electron chi connectivity index (χ3n) is 13.6. The summed E-state index contributed by atoms with van der Waals surface area (Å²) in [7, 11) is 0. The quantitative estimate of drug-likeness (QED) is 0.134. The van der Waals surface area contributed by atoms with Crippen LogP contribution >= 0.6 is 0 Å². The van der Waals surface area contributed by atoms with Crippen LogP contribution in [0.25, 0.3) is 33.4 Å². The molecule has 0 spiro atoms. The summed E-state index contributed by atoms with van der Waals surface area (Å²) < 4.78 is 0. The van der Waals surface area contributed by atoms with E-state index in [4.69, 9.17) is 0 Å². The molecule has 9 aromatic carbocycles. The molecule has 3 heteroatoms. The van der Waals surface area contributed by atoms with E-state index in [1.54, 1.807) is 0 Å². The number of rotatable bonds is 9. The Morgan fingerprint density at radius 2 is 0.952 bits per heavy atom. The summed E-state index contributed by atoms with van der Waals surface area (Å²) in [5.74, 6) is 0. The molecule has 0 atom stereocenters. The number of nitrogens with zero attached hydrogens (tertiary/aromatic N) is 2. The first-order valence-corrected chi connectivity index (χ1v) is 22.4. The van der Waals surface area contributed by atoms with Gasteiger partial charge in [-0.2, -0.15) is 0 Å². The van der Waals surface area contributed by atoms with Gasteiger partial charge >= 0.3 is 0 Å². The molecule has 0 saturated carbocycles. The molecule has 1 aliphatic heterocycles. The lowest BCUT2D eigenvalue weighted by Crippen LogP contribution is -2.36. The molecule has 0 fully saturated rings. The Bertz CT molecular complexity index is 3010. The molecule has 0 unspecified atom stereocenters. The van der Waals surface area contributed by atoms with Crippen LogP contribution in [0.4, 0.5) is 34.1 Å². The van der Waals surface area contributed by atoms with Gasteiger partial charge in [0.2, 0.25) is 0 Å². The highest BCUT2D eigenvalue weighted by molar-refractivity contribution is 6.73. The standard InChI is InChI=1S/C60H49BN2/c1-60(2)55-32-16-15-30-54(55)58-56(60)37-38-57(59(58)53-31-18-22-45-42-61(40-39-52(45)53)46-23-9-4-10-24-46)63(51-29-17-21-44(41-51)43-19-7-3-8-20-43)50-35-33-49(34-36-50)62(47-25-11-5-12-26-47)48-27-13-6-14-28-48/h3-38,41H,39-40,42H2,1-2H3. The van der Waals surface area contributed by atoms with Gasteiger partial charge in [0.1, 0.15) is 0 Å². The van der Waals surface area contributed by atoms with Crippen molar-refractivity contribution in [1.82, 2.24) is 0 Å². The monoisotopic (exact) mass is 808 g/mol. The lowest BCUT2D eigenvalue weighted by atomic mass is 9.37. The fraction of sp³-hybridized carbons (Fsp3) is 0.100.